The minimum atomic E-state index is -0.515. The first-order valence-electron chi connectivity index (χ1n) is 11.5. The van der Waals surface area contributed by atoms with Crippen molar-refractivity contribution in [1.29, 1.82) is 0 Å². The zero-order chi connectivity index (χ0) is 22.4. The fraction of sp³-hybridized carbons (Fsp3) is 0.667. The summed E-state index contributed by atoms with van der Waals surface area (Å²) in [6.07, 6.45) is 1.91. The molecule has 7 heteroatoms. The normalized spacial score (nSPS) is 23.0. The number of carbonyl (C=O) groups excluding carboxylic acids is 1. The Bertz CT molecular complexity index is 780. The zero-order valence-electron chi connectivity index (χ0n) is 19.3. The smallest absolute Gasteiger partial charge is 0.320 e. The third-order valence-electron chi connectivity index (χ3n) is 6.54. The molecule has 0 bridgehead atoms. The molecule has 1 aliphatic carbocycles. The highest BCUT2D eigenvalue weighted by Gasteiger charge is 2.51. The Balaban J connectivity index is 1.87. The Hall–Kier alpha value is -2.12. The molecular weight excluding hydrogens is 396 g/mol. The summed E-state index contributed by atoms with van der Waals surface area (Å²) in [7, 11) is 1.58. The largest absolute Gasteiger partial charge is 0.492 e. The number of ether oxygens (including phenoxy) is 3. The van der Waals surface area contributed by atoms with E-state index in [0.29, 0.717) is 24.8 Å². The Morgan fingerprint density at radius 3 is 2.58 bits per heavy atom. The van der Waals surface area contributed by atoms with Crippen LogP contribution in [0.4, 0.5) is 0 Å². The van der Waals surface area contributed by atoms with Gasteiger partial charge in [-0.05, 0) is 35.3 Å². The Morgan fingerprint density at radius 2 is 1.97 bits per heavy atom. The van der Waals surface area contributed by atoms with Crippen LogP contribution in [0.5, 0.6) is 5.75 Å². The highest BCUT2D eigenvalue weighted by molar-refractivity contribution is 6.13. The zero-order valence-corrected chi connectivity index (χ0v) is 19.3. The Morgan fingerprint density at radius 1 is 1.26 bits per heavy atom. The average Bonchev–Trinajstić information content (AvgIpc) is 3.10. The van der Waals surface area contributed by atoms with Crippen molar-refractivity contribution in [3.8, 4) is 5.75 Å². The Kier molecular flexibility index (Phi) is 8.32. The molecule has 172 valence electrons. The molecule has 1 saturated heterocycles. The fourth-order valence-electron chi connectivity index (χ4n) is 4.96. The second kappa shape index (κ2) is 11.0. The van der Waals surface area contributed by atoms with Crippen LogP contribution in [0, 0.1) is 11.8 Å². The van der Waals surface area contributed by atoms with Crippen molar-refractivity contribution in [1.82, 2.24) is 4.90 Å². The molecule has 1 heterocycles. The van der Waals surface area contributed by atoms with Crippen molar-refractivity contribution >= 4 is 11.7 Å². The summed E-state index contributed by atoms with van der Waals surface area (Å²) < 4.78 is 17.9. The van der Waals surface area contributed by atoms with Crippen molar-refractivity contribution in [3.05, 3.63) is 29.3 Å². The number of hydroxylamine groups is 1. The van der Waals surface area contributed by atoms with Crippen LogP contribution in [-0.4, -0.2) is 79.6 Å². The molecule has 0 spiro atoms. The van der Waals surface area contributed by atoms with Crippen LogP contribution in [0.2, 0.25) is 0 Å². The van der Waals surface area contributed by atoms with E-state index in [-0.39, 0.29) is 11.9 Å². The van der Waals surface area contributed by atoms with Crippen LogP contribution in [0.25, 0.3) is 0 Å². The first-order chi connectivity index (χ1) is 15.0. The number of hydrogen-bond donors (Lipinski definition) is 1. The average molecular weight is 434 g/mol. The second-order valence-corrected chi connectivity index (χ2v) is 8.29. The first-order valence-corrected chi connectivity index (χ1v) is 11.5. The summed E-state index contributed by atoms with van der Waals surface area (Å²) in [5, 5.41) is 10.5. The van der Waals surface area contributed by atoms with Gasteiger partial charge in [0.2, 0.25) is 5.71 Å². The van der Waals surface area contributed by atoms with Crippen LogP contribution in [0.1, 0.15) is 50.7 Å². The van der Waals surface area contributed by atoms with Crippen molar-refractivity contribution in [2.45, 2.75) is 39.5 Å². The summed E-state index contributed by atoms with van der Waals surface area (Å²) in [6, 6.07) is 6.01. The maximum absolute atomic E-state index is 13.0. The molecule has 7 nitrogen and oxygen atoms in total. The van der Waals surface area contributed by atoms with Crippen LogP contribution in [0.15, 0.2) is 18.2 Å². The number of benzene rings is 1. The van der Waals surface area contributed by atoms with Gasteiger partial charge in [-0.1, -0.05) is 32.8 Å². The number of esters is 1. The maximum atomic E-state index is 13.0. The lowest BCUT2D eigenvalue weighted by atomic mass is 9.78. The van der Waals surface area contributed by atoms with Gasteiger partial charge < -0.3 is 14.2 Å². The van der Waals surface area contributed by atoms with Crippen molar-refractivity contribution in [3.63, 3.8) is 0 Å². The molecule has 0 saturated carbocycles. The molecule has 1 aromatic rings. The van der Waals surface area contributed by atoms with Gasteiger partial charge in [0.05, 0.1) is 25.4 Å². The number of carbonyl (C=O) groups is 1. The second-order valence-electron chi connectivity index (χ2n) is 8.29. The molecule has 0 aromatic heterocycles. The standard InChI is InChI=1S/C24H37N2O5/c1-5-17(6-2)21-19-9-8-18(31-15-12-26-10-13-29-14-11-26)16-20(19)23(25(4)28)22(21)24(27)30-7-3/h8-9,16-17,21-22,28H,5-7,10-15H2,1-4H3/q+1/b25-23+. The molecule has 2 aliphatic rings. The van der Waals surface area contributed by atoms with Gasteiger partial charge in [0.15, 0.2) is 13.0 Å². The molecule has 1 aliphatic heterocycles. The molecule has 3 rings (SSSR count). The topological polar surface area (TPSA) is 71.2 Å². The van der Waals surface area contributed by atoms with Gasteiger partial charge in [0.25, 0.3) is 0 Å². The van der Waals surface area contributed by atoms with Gasteiger partial charge in [0.1, 0.15) is 12.4 Å². The molecule has 1 fully saturated rings. The summed E-state index contributed by atoms with van der Waals surface area (Å²) in [4.78, 5) is 15.3. The van der Waals surface area contributed by atoms with E-state index in [0.717, 1.165) is 67.3 Å². The van der Waals surface area contributed by atoms with Gasteiger partial charge in [-0.3, -0.25) is 14.9 Å². The van der Waals surface area contributed by atoms with Gasteiger partial charge in [-0.2, -0.15) is 0 Å². The molecule has 1 N–H and O–H groups in total. The third-order valence-corrected chi connectivity index (χ3v) is 6.54. The summed E-state index contributed by atoms with van der Waals surface area (Å²) >= 11 is 0. The van der Waals surface area contributed by atoms with Gasteiger partial charge in [-0.25, -0.2) is 0 Å². The van der Waals surface area contributed by atoms with E-state index < -0.39 is 5.92 Å². The minimum Gasteiger partial charge on any atom is -0.492 e. The lowest BCUT2D eigenvalue weighted by molar-refractivity contribution is -0.755. The molecule has 2 unspecified atom stereocenters. The van der Waals surface area contributed by atoms with Gasteiger partial charge in [-0.15, -0.1) is 0 Å². The maximum Gasteiger partial charge on any atom is 0.320 e. The first kappa shape index (κ1) is 23.5. The van der Waals surface area contributed by atoms with E-state index in [1.165, 1.54) is 0 Å². The predicted octanol–water partition coefficient (Wildman–Crippen LogP) is 2.93. The monoisotopic (exact) mass is 433 g/mol. The van der Waals surface area contributed by atoms with E-state index in [1.807, 2.05) is 19.1 Å². The molecule has 2 atom stereocenters. The SMILES string of the molecule is CCOC(=O)C1/C(=[N+](\C)O)c2cc(OCCN3CCOCC3)ccc2C1C(CC)CC. The molecule has 31 heavy (non-hydrogen) atoms. The lowest BCUT2D eigenvalue weighted by Crippen LogP contribution is -2.38. The van der Waals surface area contributed by atoms with Crippen LogP contribution >= 0.6 is 0 Å². The minimum absolute atomic E-state index is 0.0175. The number of nitrogens with zero attached hydrogens (tertiary/aromatic N) is 2. The van der Waals surface area contributed by atoms with Crippen LogP contribution in [0.3, 0.4) is 0 Å². The van der Waals surface area contributed by atoms with E-state index in [2.05, 4.69) is 24.8 Å². The number of morpholine rings is 1. The van der Waals surface area contributed by atoms with Crippen molar-refractivity contribution < 1.29 is 29.0 Å². The van der Waals surface area contributed by atoms with Crippen molar-refractivity contribution in [2.24, 2.45) is 11.8 Å². The summed E-state index contributed by atoms with van der Waals surface area (Å²) in [6.45, 7) is 11.3. The highest BCUT2D eigenvalue weighted by Crippen LogP contribution is 2.46. The van der Waals surface area contributed by atoms with E-state index in [4.69, 9.17) is 14.2 Å². The number of hydrogen-bond acceptors (Lipinski definition) is 6. The fourth-order valence-corrected chi connectivity index (χ4v) is 4.96. The summed E-state index contributed by atoms with van der Waals surface area (Å²) in [5.41, 5.74) is 2.57. The molecule has 0 radical (unpaired) electrons. The predicted molar refractivity (Wildman–Crippen MR) is 118 cm³/mol. The van der Waals surface area contributed by atoms with E-state index in [1.54, 1.807) is 7.05 Å². The quantitative estimate of drug-likeness (QED) is 0.279. The third kappa shape index (κ3) is 5.21. The highest BCUT2D eigenvalue weighted by atomic mass is 16.5. The van der Waals surface area contributed by atoms with Crippen molar-refractivity contribution in [2.75, 3.05) is 53.1 Å². The molecule has 0 amide bonds. The van der Waals surface area contributed by atoms with Gasteiger partial charge >= 0.3 is 5.97 Å². The molecular formula is C24H37N2O5+. The van der Waals surface area contributed by atoms with Crippen LogP contribution < -0.4 is 4.74 Å². The summed E-state index contributed by atoms with van der Waals surface area (Å²) in [5.74, 6) is 0.258. The van der Waals surface area contributed by atoms with Crippen LogP contribution in [-0.2, 0) is 14.3 Å². The number of fused-ring (bicyclic) bond motifs is 1. The van der Waals surface area contributed by atoms with E-state index in [9.17, 15) is 10.0 Å². The van der Waals surface area contributed by atoms with E-state index >= 15 is 0 Å². The van der Waals surface area contributed by atoms with Gasteiger partial charge in [0, 0.05) is 25.6 Å². The number of rotatable bonds is 9. The lowest BCUT2D eigenvalue weighted by Gasteiger charge is -2.26. The Labute approximate surface area is 185 Å². The molecule has 1 aromatic carbocycles.